The predicted octanol–water partition coefficient (Wildman–Crippen LogP) is 2.12. The summed E-state index contributed by atoms with van der Waals surface area (Å²) in [5, 5.41) is 9.10. The third kappa shape index (κ3) is 2.45. The third-order valence-electron chi connectivity index (χ3n) is 3.03. The van der Waals surface area contributed by atoms with Crippen LogP contribution in [0.2, 0.25) is 0 Å². The molecule has 1 aromatic carbocycles. The van der Waals surface area contributed by atoms with E-state index in [0.29, 0.717) is 28.2 Å². The van der Waals surface area contributed by atoms with Crippen LogP contribution in [0.1, 0.15) is 21.6 Å². The van der Waals surface area contributed by atoms with Crippen LogP contribution in [0.15, 0.2) is 36.5 Å². The fourth-order valence-electron chi connectivity index (χ4n) is 1.92. The summed E-state index contributed by atoms with van der Waals surface area (Å²) in [6.07, 6.45) is 1.51. The summed E-state index contributed by atoms with van der Waals surface area (Å²) in [7, 11) is 1.63. The number of aryl methyl sites for hydroxylation is 1. The van der Waals surface area contributed by atoms with Crippen molar-refractivity contribution < 1.29 is 4.79 Å². The number of hydrogen-bond acceptors (Lipinski definition) is 4. The Morgan fingerprint density at radius 3 is 2.80 bits per heavy atom. The number of amides is 1. The molecule has 0 aliphatic carbocycles. The molecule has 0 fully saturated rings. The van der Waals surface area contributed by atoms with Crippen molar-refractivity contribution in [2.45, 2.75) is 6.92 Å². The van der Waals surface area contributed by atoms with Crippen LogP contribution in [0.25, 0.3) is 0 Å². The number of anilines is 2. The molecular weight excluding hydrogens is 252 g/mol. The van der Waals surface area contributed by atoms with Gasteiger partial charge in [-0.05, 0) is 25.1 Å². The highest BCUT2D eigenvalue weighted by Gasteiger charge is 2.18. The van der Waals surface area contributed by atoms with Gasteiger partial charge in [0, 0.05) is 7.05 Å². The van der Waals surface area contributed by atoms with E-state index in [4.69, 9.17) is 11.0 Å². The molecule has 0 spiro atoms. The maximum atomic E-state index is 12.5. The summed E-state index contributed by atoms with van der Waals surface area (Å²) >= 11 is 0. The molecule has 1 aromatic heterocycles. The molecule has 0 aliphatic rings. The molecule has 0 atom stereocenters. The molecule has 0 saturated carbocycles. The van der Waals surface area contributed by atoms with Crippen molar-refractivity contribution in [1.82, 2.24) is 4.98 Å². The lowest BCUT2D eigenvalue weighted by Gasteiger charge is -2.19. The lowest BCUT2D eigenvalue weighted by atomic mass is 10.1. The Morgan fingerprint density at radius 1 is 1.40 bits per heavy atom. The van der Waals surface area contributed by atoms with Gasteiger partial charge in [0.2, 0.25) is 0 Å². The summed E-state index contributed by atoms with van der Waals surface area (Å²) in [5.41, 5.74) is 8.14. The number of nitrogens with two attached hydrogens (primary N) is 1. The second-order valence-electron chi connectivity index (χ2n) is 4.39. The average molecular weight is 266 g/mol. The minimum absolute atomic E-state index is 0.245. The molecule has 0 bridgehead atoms. The van der Waals surface area contributed by atoms with E-state index in [2.05, 4.69) is 11.1 Å². The third-order valence-corrected chi connectivity index (χ3v) is 3.03. The first-order valence-electron chi connectivity index (χ1n) is 6.04. The van der Waals surface area contributed by atoms with Crippen molar-refractivity contribution in [2.24, 2.45) is 0 Å². The van der Waals surface area contributed by atoms with Crippen molar-refractivity contribution in [3.63, 3.8) is 0 Å². The van der Waals surface area contributed by atoms with Crippen LogP contribution < -0.4 is 10.6 Å². The number of nitrogens with zero attached hydrogens (tertiary/aromatic N) is 3. The van der Waals surface area contributed by atoms with E-state index in [9.17, 15) is 4.79 Å². The van der Waals surface area contributed by atoms with Crippen LogP contribution in [0, 0.1) is 18.3 Å². The Hall–Kier alpha value is -2.87. The van der Waals surface area contributed by atoms with Crippen molar-refractivity contribution >= 4 is 17.3 Å². The van der Waals surface area contributed by atoms with Crippen molar-refractivity contribution in [3.8, 4) is 6.07 Å². The molecule has 5 nitrogen and oxygen atoms in total. The Morgan fingerprint density at radius 2 is 2.10 bits per heavy atom. The van der Waals surface area contributed by atoms with Gasteiger partial charge in [0.25, 0.3) is 5.91 Å². The van der Waals surface area contributed by atoms with Gasteiger partial charge in [0.15, 0.2) is 0 Å². The van der Waals surface area contributed by atoms with Crippen LogP contribution in [-0.4, -0.2) is 17.9 Å². The first-order valence-corrected chi connectivity index (χ1v) is 6.04. The van der Waals surface area contributed by atoms with Gasteiger partial charge in [-0.15, -0.1) is 0 Å². The Labute approximate surface area is 117 Å². The minimum atomic E-state index is -0.245. The lowest BCUT2D eigenvalue weighted by Crippen LogP contribution is -2.28. The lowest BCUT2D eigenvalue weighted by molar-refractivity contribution is 0.0992. The van der Waals surface area contributed by atoms with E-state index in [0.717, 1.165) is 0 Å². The molecule has 0 aliphatic heterocycles. The number of nitriles is 1. The Kier molecular flexibility index (Phi) is 3.67. The number of carbonyl (C=O) groups excluding carboxylic acids is 1. The first kappa shape index (κ1) is 13.6. The van der Waals surface area contributed by atoms with E-state index >= 15 is 0 Å². The molecule has 5 heteroatoms. The van der Waals surface area contributed by atoms with Crippen molar-refractivity contribution in [2.75, 3.05) is 17.7 Å². The molecule has 2 N–H and O–H groups in total. The number of pyridine rings is 1. The minimum Gasteiger partial charge on any atom is -0.397 e. The zero-order chi connectivity index (χ0) is 14.7. The quantitative estimate of drug-likeness (QED) is 0.902. The van der Waals surface area contributed by atoms with Gasteiger partial charge < -0.3 is 10.6 Å². The van der Waals surface area contributed by atoms with E-state index in [1.807, 2.05) is 0 Å². The summed E-state index contributed by atoms with van der Waals surface area (Å²) in [6.45, 7) is 1.75. The van der Waals surface area contributed by atoms with Crippen LogP contribution in [0.3, 0.4) is 0 Å². The largest absolute Gasteiger partial charge is 0.397 e. The van der Waals surface area contributed by atoms with Gasteiger partial charge in [0.1, 0.15) is 6.07 Å². The summed E-state index contributed by atoms with van der Waals surface area (Å²) in [6, 6.07) is 10.6. The molecule has 0 saturated heterocycles. The molecule has 0 unspecified atom stereocenters. The highest BCUT2D eigenvalue weighted by atomic mass is 16.2. The van der Waals surface area contributed by atoms with E-state index in [-0.39, 0.29) is 5.91 Å². The fourth-order valence-corrected chi connectivity index (χ4v) is 1.92. The number of hydrogen-bond donors (Lipinski definition) is 1. The van der Waals surface area contributed by atoms with Gasteiger partial charge in [-0.1, -0.05) is 12.1 Å². The maximum absolute atomic E-state index is 12.5. The summed E-state index contributed by atoms with van der Waals surface area (Å²) in [5.74, 6) is -0.245. The zero-order valence-corrected chi connectivity index (χ0v) is 11.3. The second-order valence-corrected chi connectivity index (χ2v) is 4.39. The van der Waals surface area contributed by atoms with Gasteiger partial charge in [-0.2, -0.15) is 5.26 Å². The number of nitrogen functional groups attached to an aromatic ring is 1. The monoisotopic (exact) mass is 266 g/mol. The van der Waals surface area contributed by atoms with Crippen molar-refractivity contribution in [3.05, 3.63) is 53.3 Å². The van der Waals surface area contributed by atoms with E-state index in [1.54, 1.807) is 44.3 Å². The topological polar surface area (TPSA) is 83.0 Å². The zero-order valence-electron chi connectivity index (χ0n) is 11.3. The van der Waals surface area contributed by atoms with Crippen LogP contribution in [0.5, 0.6) is 0 Å². The second kappa shape index (κ2) is 5.41. The number of para-hydroxylation sites is 1. The Balaban J connectivity index is 2.43. The van der Waals surface area contributed by atoms with Gasteiger partial charge in [-0.25, -0.2) is 0 Å². The molecular formula is C15H14N4O. The molecule has 20 heavy (non-hydrogen) atoms. The normalized spacial score (nSPS) is 9.85. The summed E-state index contributed by atoms with van der Waals surface area (Å²) in [4.78, 5) is 18.0. The smallest absolute Gasteiger partial charge is 0.259 e. The number of carbonyl (C=O) groups is 1. The molecule has 0 radical (unpaired) electrons. The standard InChI is InChI=1S/C15H14N4O/c1-10-13(7-12(17)9-18-10)15(20)19(2)14-6-4-3-5-11(14)8-16/h3-7,9H,17H2,1-2H3. The fraction of sp³-hybridized carbons (Fsp3) is 0.133. The van der Waals surface area contributed by atoms with Crippen LogP contribution >= 0.6 is 0 Å². The highest BCUT2D eigenvalue weighted by Crippen LogP contribution is 2.21. The molecule has 1 heterocycles. The molecule has 1 amide bonds. The molecule has 2 aromatic rings. The number of rotatable bonds is 2. The first-order chi connectivity index (χ1) is 9.54. The molecule has 2 rings (SSSR count). The highest BCUT2D eigenvalue weighted by molar-refractivity contribution is 6.07. The van der Waals surface area contributed by atoms with Gasteiger partial charge in [0.05, 0.1) is 34.4 Å². The number of benzene rings is 1. The average Bonchev–Trinajstić information content (AvgIpc) is 2.48. The maximum Gasteiger partial charge on any atom is 0.259 e. The van der Waals surface area contributed by atoms with Gasteiger partial charge in [-0.3, -0.25) is 9.78 Å². The van der Waals surface area contributed by atoms with Crippen LogP contribution in [-0.2, 0) is 0 Å². The predicted molar refractivity (Wildman–Crippen MR) is 77.3 cm³/mol. The van der Waals surface area contributed by atoms with E-state index < -0.39 is 0 Å². The van der Waals surface area contributed by atoms with Crippen molar-refractivity contribution in [1.29, 1.82) is 5.26 Å². The van der Waals surface area contributed by atoms with Crippen LogP contribution in [0.4, 0.5) is 11.4 Å². The van der Waals surface area contributed by atoms with Gasteiger partial charge >= 0.3 is 0 Å². The summed E-state index contributed by atoms with van der Waals surface area (Å²) < 4.78 is 0. The van der Waals surface area contributed by atoms with E-state index in [1.165, 1.54) is 11.1 Å². The SMILES string of the molecule is Cc1ncc(N)cc1C(=O)N(C)c1ccccc1C#N. The molecule has 100 valence electrons. The number of aromatic nitrogens is 1. The Bertz CT molecular complexity index is 703.